The van der Waals surface area contributed by atoms with E-state index in [-0.39, 0.29) is 18.5 Å². The van der Waals surface area contributed by atoms with Crippen molar-refractivity contribution < 1.29 is 8.42 Å². The molecule has 0 saturated heterocycles. The summed E-state index contributed by atoms with van der Waals surface area (Å²) >= 11 is 6.07. The Morgan fingerprint density at radius 2 is 2.00 bits per heavy atom. The molecule has 0 atom stereocenters. The SMILES string of the molecule is Cc1c(CN)cc(Cl)cc1S(=O)(=O)N(CC(C)C)C1CC1. The van der Waals surface area contributed by atoms with Crippen LogP contribution in [0.1, 0.15) is 37.8 Å². The van der Waals surface area contributed by atoms with Gasteiger partial charge in [0.15, 0.2) is 0 Å². The van der Waals surface area contributed by atoms with Crippen molar-refractivity contribution in [2.75, 3.05) is 6.54 Å². The van der Waals surface area contributed by atoms with E-state index in [4.69, 9.17) is 17.3 Å². The van der Waals surface area contributed by atoms with Gasteiger partial charge in [-0.05, 0) is 48.9 Å². The van der Waals surface area contributed by atoms with Crippen molar-refractivity contribution in [3.8, 4) is 0 Å². The Kier molecular flexibility index (Phi) is 4.98. The summed E-state index contributed by atoms with van der Waals surface area (Å²) < 4.78 is 27.7. The van der Waals surface area contributed by atoms with Gasteiger partial charge in [0.1, 0.15) is 0 Å². The second-order valence-corrected chi connectivity index (χ2v) is 8.39. The fraction of sp³-hybridized carbons (Fsp3) is 0.600. The summed E-state index contributed by atoms with van der Waals surface area (Å²) in [6.45, 7) is 6.67. The van der Waals surface area contributed by atoms with Gasteiger partial charge in [0.25, 0.3) is 0 Å². The van der Waals surface area contributed by atoms with E-state index in [2.05, 4.69) is 0 Å². The minimum absolute atomic E-state index is 0.136. The molecular formula is C15H23ClN2O2S. The first-order valence-electron chi connectivity index (χ1n) is 7.28. The zero-order chi connectivity index (χ0) is 15.8. The average Bonchev–Trinajstić information content (AvgIpc) is 3.22. The zero-order valence-corrected chi connectivity index (χ0v) is 14.3. The van der Waals surface area contributed by atoms with Crippen LogP contribution in [0.25, 0.3) is 0 Å². The van der Waals surface area contributed by atoms with E-state index in [0.717, 1.165) is 18.4 Å². The van der Waals surface area contributed by atoms with Crippen LogP contribution in [0.5, 0.6) is 0 Å². The van der Waals surface area contributed by atoms with Crippen molar-refractivity contribution in [2.24, 2.45) is 11.7 Å². The standard InChI is InChI=1S/C15H23ClN2O2S/c1-10(2)9-18(14-4-5-14)21(19,20)15-7-13(16)6-12(8-17)11(15)3/h6-7,10,14H,4-5,8-9,17H2,1-3H3. The molecule has 118 valence electrons. The molecule has 0 unspecified atom stereocenters. The van der Waals surface area contributed by atoms with E-state index in [1.807, 2.05) is 13.8 Å². The van der Waals surface area contributed by atoms with Crippen molar-refractivity contribution in [2.45, 2.75) is 51.1 Å². The summed E-state index contributed by atoms with van der Waals surface area (Å²) in [5, 5.41) is 0.417. The number of nitrogens with zero attached hydrogens (tertiary/aromatic N) is 1. The molecule has 0 bridgehead atoms. The van der Waals surface area contributed by atoms with Gasteiger partial charge < -0.3 is 5.73 Å². The predicted octanol–water partition coefficient (Wildman–Crippen LogP) is 2.92. The molecule has 0 aromatic heterocycles. The molecule has 0 heterocycles. The summed E-state index contributed by atoms with van der Waals surface area (Å²) in [4.78, 5) is 0.294. The monoisotopic (exact) mass is 330 g/mol. The molecule has 1 aliphatic rings. The first-order chi connectivity index (χ1) is 9.77. The van der Waals surface area contributed by atoms with Crippen LogP contribution < -0.4 is 5.73 Å². The Morgan fingerprint density at radius 3 is 2.48 bits per heavy atom. The minimum atomic E-state index is -3.53. The highest BCUT2D eigenvalue weighted by Crippen LogP contribution is 2.35. The second kappa shape index (κ2) is 6.24. The molecule has 4 nitrogen and oxygen atoms in total. The molecule has 1 aliphatic carbocycles. The molecule has 21 heavy (non-hydrogen) atoms. The first-order valence-corrected chi connectivity index (χ1v) is 9.10. The highest BCUT2D eigenvalue weighted by Gasteiger charge is 2.39. The molecule has 0 aliphatic heterocycles. The fourth-order valence-electron chi connectivity index (χ4n) is 2.48. The van der Waals surface area contributed by atoms with Gasteiger partial charge in [-0.15, -0.1) is 0 Å². The molecule has 0 spiro atoms. The van der Waals surface area contributed by atoms with Gasteiger partial charge in [0, 0.05) is 24.2 Å². The van der Waals surface area contributed by atoms with Crippen LogP contribution in [0, 0.1) is 12.8 Å². The van der Waals surface area contributed by atoms with Crippen LogP contribution in [0.4, 0.5) is 0 Å². The van der Waals surface area contributed by atoms with Crippen LogP contribution in [0.15, 0.2) is 17.0 Å². The summed E-state index contributed by atoms with van der Waals surface area (Å²) in [5.41, 5.74) is 7.18. The van der Waals surface area contributed by atoms with Crippen LogP contribution in [-0.2, 0) is 16.6 Å². The van der Waals surface area contributed by atoms with Crippen LogP contribution in [-0.4, -0.2) is 25.3 Å². The smallest absolute Gasteiger partial charge is 0.243 e. The predicted molar refractivity (Wildman–Crippen MR) is 85.8 cm³/mol. The number of rotatable bonds is 6. The molecule has 1 aromatic carbocycles. The number of sulfonamides is 1. The van der Waals surface area contributed by atoms with Crippen LogP contribution >= 0.6 is 11.6 Å². The molecule has 2 N–H and O–H groups in total. The Bertz CT molecular complexity index is 625. The largest absolute Gasteiger partial charge is 0.326 e. The Morgan fingerprint density at radius 1 is 1.38 bits per heavy atom. The molecule has 6 heteroatoms. The Labute approximate surface area is 132 Å². The van der Waals surface area contributed by atoms with Crippen molar-refractivity contribution in [1.29, 1.82) is 0 Å². The third-order valence-electron chi connectivity index (χ3n) is 3.74. The lowest BCUT2D eigenvalue weighted by Gasteiger charge is -2.25. The van der Waals surface area contributed by atoms with Gasteiger partial charge in [-0.2, -0.15) is 4.31 Å². The topological polar surface area (TPSA) is 63.4 Å². The third-order valence-corrected chi connectivity index (χ3v) is 6.00. The zero-order valence-electron chi connectivity index (χ0n) is 12.8. The minimum Gasteiger partial charge on any atom is -0.326 e. The Balaban J connectivity index is 2.49. The van der Waals surface area contributed by atoms with E-state index in [1.165, 1.54) is 0 Å². The quantitative estimate of drug-likeness (QED) is 0.872. The number of nitrogens with two attached hydrogens (primary N) is 1. The maximum Gasteiger partial charge on any atom is 0.243 e. The lowest BCUT2D eigenvalue weighted by molar-refractivity contribution is 0.360. The van der Waals surface area contributed by atoms with Crippen molar-refractivity contribution in [1.82, 2.24) is 4.31 Å². The summed E-state index contributed by atoms with van der Waals surface area (Å²) in [6.07, 6.45) is 1.88. The molecule has 1 saturated carbocycles. The molecule has 1 fully saturated rings. The lowest BCUT2D eigenvalue weighted by atomic mass is 10.1. The van der Waals surface area contributed by atoms with Gasteiger partial charge in [0.2, 0.25) is 10.0 Å². The third kappa shape index (κ3) is 3.59. The van der Waals surface area contributed by atoms with Gasteiger partial charge in [-0.3, -0.25) is 0 Å². The maximum atomic E-state index is 13.0. The highest BCUT2D eigenvalue weighted by molar-refractivity contribution is 7.89. The van der Waals surface area contributed by atoms with Gasteiger partial charge >= 0.3 is 0 Å². The number of halogens is 1. The molecule has 1 aromatic rings. The molecule has 2 rings (SSSR count). The normalized spacial score (nSPS) is 16.0. The summed E-state index contributed by atoms with van der Waals surface area (Å²) in [6, 6.07) is 3.41. The van der Waals surface area contributed by atoms with Crippen molar-refractivity contribution >= 4 is 21.6 Å². The van der Waals surface area contributed by atoms with E-state index >= 15 is 0 Å². The summed E-state index contributed by atoms with van der Waals surface area (Å²) in [5.74, 6) is 0.286. The molecular weight excluding hydrogens is 308 g/mol. The molecule has 0 radical (unpaired) electrons. The van der Waals surface area contributed by atoms with E-state index in [9.17, 15) is 8.42 Å². The van der Waals surface area contributed by atoms with Crippen molar-refractivity contribution in [3.63, 3.8) is 0 Å². The highest BCUT2D eigenvalue weighted by atomic mass is 35.5. The van der Waals surface area contributed by atoms with Crippen LogP contribution in [0.3, 0.4) is 0 Å². The molecule has 0 amide bonds. The number of benzene rings is 1. The first kappa shape index (κ1) is 16.7. The van der Waals surface area contributed by atoms with E-state index in [0.29, 0.717) is 22.0 Å². The van der Waals surface area contributed by atoms with E-state index in [1.54, 1.807) is 23.4 Å². The lowest BCUT2D eigenvalue weighted by Crippen LogP contribution is -2.36. The number of hydrogen-bond donors (Lipinski definition) is 1. The van der Waals surface area contributed by atoms with Crippen LogP contribution in [0.2, 0.25) is 5.02 Å². The second-order valence-electron chi connectivity index (χ2n) is 6.09. The fourth-order valence-corrected chi connectivity index (χ4v) is 4.93. The van der Waals surface area contributed by atoms with Gasteiger partial charge in [-0.1, -0.05) is 25.4 Å². The van der Waals surface area contributed by atoms with Gasteiger partial charge in [-0.25, -0.2) is 8.42 Å². The summed E-state index contributed by atoms with van der Waals surface area (Å²) in [7, 11) is -3.53. The Hall–Kier alpha value is -0.620. The average molecular weight is 331 g/mol. The van der Waals surface area contributed by atoms with Crippen molar-refractivity contribution in [3.05, 3.63) is 28.3 Å². The maximum absolute atomic E-state index is 13.0. The number of hydrogen-bond acceptors (Lipinski definition) is 3. The van der Waals surface area contributed by atoms with Gasteiger partial charge in [0.05, 0.1) is 4.90 Å². The van der Waals surface area contributed by atoms with E-state index < -0.39 is 10.0 Å².